The zero-order chi connectivity index (χ0) is 13.1. The molecule has 0 saturated carbocycles. The summed E-state index contributed by atoms with van der Waals surface area (Å²) in [5.74, 6) is 0.819. The van der Waals surface area contributed by atoms with Crippen LogP contribution in [0, 0.1) is 4.77 Å². The zero-order valence-corrected chi connectivity index (χ0v) is 10.9. The minimum Gasteiger partial charge on any atom is -0.298 e. The Bertz CT molecular complexity index is 697. The molecule has 3 aromatic heterocycles. The molecular weight excluding hydrogens is 260 g/mol. The average molecular weight is 272 g/mol. The number of pyridine rings is 1. The van der Waals surface area contributed by atoms with E-state index in [2.05, 4.69) is 20.3 Å². The summed E-state index contributed by atoms with van der Waals surface area (Å²) in [6.45, 7) is 1.47. The van der Waals surface area contributed by atoms with Crippen molar-refractivity contribution in [1.29, 1.82) is 0 Å². The SMILES string of the molecule is S=c1[nH]nc(-c2ccncc2)n1CCn1cccn1. The summed E-state index contributed by atoms with van der Waals surface area (Å²) in [5.41, 5.74) is 0.989. The highest BCUT2D eigenvalue weighted by atomic mass is 32.1. The van der Waals surface area contributed by atoms with Crippen molar-refractivity contribution in [2.75, 3.05) is 0 Å². The lowest BCUT2D eigenvalue weighted by molar-refractivity contribution is 0.532. The Hall–Kier alpha value is -2.28. The van der Waals surface area contributed by atoms with Gasteiger partial charge in [-0.25, -0.2) is 0 Å². The van der Waals surface area contributed by atoms with Gasteiger partial charge in [0.15, 0.2) is 10.6 Å². The van der Waals surface area contributed by atoms with Crippen molar-refractivity contribution in [2.45, 2.75) is 13.1 Å². The Morgan fingerprint density at radius 2 is 2.00 bits per heavy atom. The number of aryl methyl sites for hydroxylation is 1. The summed E-state index contributed by atoms with van der Waals surface area (Å²) in [6.07, 6.45) is 7.17. The highest BCUT2D eigenvalue weighted by molar-refractivity contribution is 7.71. The summed E-state index contributed by atoms with van der Waals surface area (Å²) in [6, 6.07) is 5.73. The van der Waals surface area contributed by atoms with Crippen LogP contribution in [0.25, 0.3) is 11.4 Å². The lowest BCUT2D eigenvalue weighted by Crippen LogP contribution is -2.09. The van der Waals surface area contributed by atoms with Crippen molar-refractivity contribution >= 4 is 12.2 Å². The third-order valence-corrected chi connectivity index (χ3v) is 3.12. The molecule has 0 spiro atoms. The maximum atomic E-state index is 5.27. The molecular formula is C12H12N6S. The minimum absolute atomic E-state index is 0.610. The molecule has 0 saturated heterocycles. The zero-order valence-electron chi connectivity index (χ0n) is 10.1. The molecule has 0 aliphatic carbocycles. The summed E-state index contributed by atoms with van der Waals surface area (Å²) >= 11 is 5.27. The van der Waals surface area contributed by atoms with E-state index in [-0.39, 0.29) is 0 Å². The first-order valence-electron chi connectivity index (χ1n) is 5.87. The molecule has 19 heavy (non-hydrogen) atoms. The van der Waals surface area contributed by atoms with Crippen LogP contribution >= 0.6 is 12.2 Å². The van der Waals surface area contributed by atoms with Gasteiger partial charge >= 0.3 is 0 Å². The molecule has 3 rings (SSSR count). The Morgan fingerprint density at radius 3 is 2.74 bits per heavy atom. The Labute approximate surface area is 114 Å². The van der Waals surface area contributed by atoms with E-state index >= 15 is 0 Å². The summed E-state index contributed by atoms with van der Waals surface area (Å²) in [5, 5.41) is 11.3. The molecule has 0 radical (unpaired) electrons. The van der Waals surface area contributed by atoms with Crippen LogP contribution < -0.4 is 0 Å². The van der Waals surface area contributed by atoms with Gasteiger partial charge in [-0.3, -0.25) is 19.3 Å². The first-order chi connectivity index (χ1) is 9.34. The van der Waals surface area contributed by atoms with E-state index in [1.807, 2.05) is 33.6 Å². The fourth-order valence-corrected chi connectivity index (χ4v) is 2.11. The molecule has 7 heteroatoms. The van der Waals surface area contributed by atoms with Gasteiger partial charge in [-0.15, -0.1) is 0 Å². The van der Waals surface area contributed by atoms with Crippen molar-refractivity contribution in [3.63, 3.8) is 0 Å². The number of H-pyrrole nitrogens is 1. The molecule has 1 N–H and O–H groups in total. The van der Waals surface area contributed by atoms with Crippen molar-refractivity contribution in [3.8, 4) is 11.4 Å². The molecule has 3 aromatic rings. The van der Waals surface area contributed by atoms with Gasteiger partial charge < -0.3 is 0 Å². The smallest absolute Gasteiger partial charge is 0.195 e. The molecule has 0 aliphatic heterocycles. The lowest BCUT2D eigenvalue weighted by atomic mass is 10.2. The number of aromatic nitrogens is 6. The van der Waals surface area contributed by atoms with Crippen molar-refractivity contribution in [2.24, 2.45) is 0 Å². The predicted octanol–water partition coefficient (Wildman–Crippen LogP) is 1.90. The normalized spacial score (nSPS) is 10.7. The number of rotatable bonds is 4. The van der Waals surface area contributed by atoms with Crippen LogP contribution in [0.3, 0.4) is 0 Å². The van der Waals surface area contributed by atoms with Gasteiger partial charge in [0.1, 0.15) is 0 Å². The summed E-state index contributed by atoms with van der Waals surface area (Å²) in [4.78, 5) is 4.01. The fraction of sp³-hybridized carbons (Fsp3) is 0.167. The van der Waals surface area contributed by atoms with E-state index in [0.29, 0.717) is 11.3 Å². The molecule has 6 nitrogen and oxygen atoms in total. The van der Waals surface area contributed by atoms with E-state index in [1.54, 1.807) is 18.6 Å². The van der Waals surface area contributed by atoms with Gasteiger partial charge in [0.05, 0.1) is 6.54 Å². The second-order valence-electron chi connectivity index (χ2n) is 4.01. The van der Waals surface area contributed by atoms with E-state index in [9.17, 15) is 0 Å². The van der Waals surface area contributed by atoms with Gasteiger partial charge in [0, 0.05) is 36.9 Å². The van der Waals surface area contributed by atoms with Gasteiger partial charge in [0.25, 0.3) is 0 Å². The van der Waals surface area contributed by atoms with Crippen molar-refractivity contribution < 1.29 is 0 Å². The van der Waals surface area contributed by atoms with Gasteiger partial charge in [0.2, 0.25) is 0 Å². The topological polar surface area (TPSA) is 64.3 Å². The third-order valence-electron chi connectivity index (χ3n) is 2.81. The van der Waals surface area contributed by atoms with Crippen LogP contribution in [0.5, 0.6) is 0 Å². The Morgan fingerprint density at radius 1 is 1.16 bits per heavy atom. The van der Waals surface area contributed by atoms with Gasteiger partial charge in [-0.2, -0.15) is 10.2 Å². The summed E-state index contributed by atoms with van der Waals surface area (Å²) < 4.78 is 4.44. The average Bonchev–Trinajstić information content (AvgIpc) is 3.07. The Balaban J connectivity index is 1.89. The standard InChI is InChI=1S/C12H12N6S/c19-12-16-15-11(10-2-5-13-6-3-10)18(12)9-8-17-7-1-4-14-17/h1-7H,8-9H2,(H,16,19). The Kier molecular flexibility index (Phi) is 3.20. The van der Waals surface area contributed by atoms with Gasteiger partial charge in [-0.1, -0.05) is 0 Å². The van der Waals surface area contributed by atoms with Crippen LogP contribution in [-0.2, 0) is 13.1 Å². The number of aromatic amines is 1. The van der Waals surface area contributed by atoms with Crippen LogP contribution in [0.2, 0.25) is 0 Å². The van der Waals surface area contributed by atoms with E-state index in [4.69, 9.17) is 12.2 Å². The first kappa shape index (κ1) is 11.8. The molecule has 0 unspecified atom stereocenters. The van der Waals surface area contributed by atoms with Crippen molar-refractivity contribution in [1.82, 2.24) is 29.5 Å². The molecule has 0 fully saturated rings. The highest BCUT2D eigenvalue weighted by Gasteiger charge is 2.08. The third kappa shape index (κ3) is 2.45. The van der Waals surface area contributed by atoms with Crippen molar-refractivity contribution in [3.05, 3.63) is 47.8 Å². The minimum atomic E-state index is 0.610. The lowest BCUT2D eigenvalue weighted by Gasteiger charge is -2.06. The molecule has 3 heterocycles. The molecule has 96 valence electrons. The van der Waals surface area contributed by atoms with Crippen LogP contribution in [-0.4, -0.2) is 29.5 Å². The first-order valence-corrected chi connectivity index (χ1v) is 6.28. The van der Waals surface area contributed by atoms with Crippen LogP contribution in [0.4, 0.5) is 0 Å². The number of nitrogens with one attached hydrogen (secondary N) is 1. The number of hydrogen-bond donors (Lipinski definition) is 1. The summed E-state index contributed by atoms with van der Waals surface area (Å²) in [7, 11) is 0. The number of nitrogens with zero attached hydrogens (tertiary/aromatic N) is 5. The van der Waals surface area contributed by atoms with E-state index in [0.717, 1.165) is 17.9 Å². The number of hydrogen-bond acceptors (Lipinski definition) is 4. The molecule has 0 amide bonds. The second kappa shape index (κ2) is 5.15. The highest BCUT2D eigenvalue weighted by Crippen LogP contribution is 2.15. The fourth-order valence-electron chi connectivity index (χ4n) is 1.88. The predicted molar refractivity (Wildman–Crippen MR) is 72.9 cm³/mol. The monoisotopic (exact) mass is 272 g/mol. The molecule has 0 bridgehead atoms. The van der Waals surface area contributed by atoms with Gasteiger partial charge in [-0.05, 0) is 30.4 Å². The van der Waals surface area contributed by atoms with E-state index < -0.39 is 0 Å². The largest absolute Gasteiger partial charge is 0.298 e. The van der Waals surface area contributed by atoms with Crippen LogP contribution in [0.1, 0.15) is 0 Å². The molecule has 0 aliphatic rings. The second-order valence-corrected chi connectivity index (χ2v) is 4.40. The molecule has 0 atom stereocenters. The maximum Gasteiger partial charge on any atom is 0.195 e. The quantitative estimate of drug-likeness (QED) is 0.737. The molecule has 0 aromatic carbocycles. The van der Waals surface area contributed by atoms with Crippen LogP contribution in [0.15, 0.2) is 43.0 Å². The van der Waals surface area contributed by atoms with E-state index in [1.165, 1.54) is 0 Å². The maximum absolute atomic E-state index is 5.27.